The number of amides is 1. The van der Waals surface area contributed by atoms with Crippen LogP contribution in [0.2, 0.25) is 0 Å². The Morgan fingerprint density at radius 2 is 1.63 bits per heavy atom. The van der Waals surface area contributed by atoms with Crippen molar-refractivity contribution in [3.05, 3.63) is 125 Å². The molecule has 4 rings (SSSR count). The molecule has 38 heavy (non-hydrogen) atoms. The molecule has 1 heterocycles. The maximum absolute atomic E-state index is 13.0. The van der Waals surface area contributed by atoms with E-state index in [2.05, 4.69) is 81.4 Å². The molecule has 194 valence electrons. The van der Waals surface area contributed by atoms with Crippen LogP contribution in [-0.4, -0.2) is 40.0 Å². The van der Waals surface area contributed by atoms with Crippen molar-refractivity contribution in [2.75, 3.05) is 13.6 Å². The lowest BCUT2D eigenvalue weighted by Crippen LogP contribution is -2.38. The van der Waals surface area contributed by atoms with Gasteiger partial charge < -0.3 is 9.88 Å². The van der Waals surface area contributed by atoms with Gasteiger partial charge in [0.2, 0.25) is 5.91 Å². The number of imidazole rings is 1. The van der Waals surface area contributed by atoms with E-state index in [0.717, 1.165) is 30.6 Å². The van der Waals surface area contributed by atoms with Crippen molar-refractivity contribution in [2.45, 2.75) is 44.8 Å². The first-order valence-corrected chi connectivity index (χ1v) is 13.1. The minimum absolute atomic E-state index is 0.0705. The number of rotatable bonds is 13. The molecule has 0 saturated heterocycles. The lowest BCUT2D eigenvalue weighted by Gasteiger charge is -2.28. The van der Waals surface area contributed by atoms with Gasteiger partial charge in [-0.3, -0.25) is 9.69 Å². The van der Waals surface area contributed by atoms with Crippen molar-refractivity contribution in [1.82, 2.24) is 19.8 Å². The van der Waals surface area contributed by atoms with Gasteiger partial charge in [0, 0.05) is 50.4 Å². The second-order valence-corrected chi connectivity index (χ2v) is 9.70. The Morgan fingerprint density at radius 1 is 0.947 bits per heavy atom. The predicted molar refractivity (Wildman–Crippen MR) is 150 cm³/mol. The van der Waals surface area contributed by atoms with E-state index in [1.807, 2.05) is 48.9 Å². The molecule has 6 heteroatoms. The highest BCUT2D eigenvalue weighted by Crippen LogP contribution is 2.16. The SMILES string of the molecule is CN(Cc1ccccc1)C(CCc1ccccc1)CC(=O)NCCc1cncn1Cc1ccc(C#N)cc1. The monoisotopic (exact) mass is 505 g/mol. The average Bonchev–Trinajstić information content (AvgIpc) is 3.39. The van der Waals surface area contributed by atoms with E-state index < -0.39 is 0 Å². The van der Waals surface area contributed by atoms with Crippen LogP contribution in [0.4, 0.5) is 0 Å². The molecular weight excluding hydrogens is 470 g/mol. The third-order valence-electron chi connectivity index (χ3n) is 6.87. The molecule has 6 nitrogen and oxygen atoms in total. The fourth-order valence-corrected chi connectivity index (χ4v) is 4.65. The maximum Gasteiger partial charge on any atom is 0.221 e. The number of aryl methyl sites for hydroxylation is 1. The first kappa shape index (κ1) is 26.8. The van der Waals surface area contributed by atoms with Crippen LogP contribution in [-0.2, 0) is 30.7 Å². The van der Waals surface area contributed by atoms with Crippen molar-refractivity contribution in [3.8, 4) is 6.07 Å². The quantitative estimate of drug-likeness (QED) is 0.278. The van der Waals surface area contributed by atoms with Crippen molar-refractivity contribution >= 4 is 5.91 Å². The molecule has 1 atom stereocenters. The summed E-state index contributed by atoms with van der Waals surface area (Å²) in [6.07, 6.45) is 6.68. The minimum Gasteiger partial charge on any atom is -0.356 e. The van der Waals surface area contributed by atoms with E-state index in [1.165, 1.54) is 11.1 Å². The Balaban J connectivity index is 1.31. The second-order valence-electron chi connectivity index (χ2n) is 9.70. The molecular formula is C32H35N5O. The van der Waals surface area contributed by atoms with E-state index in [4.69, 9.17) is 5.26 Å². The van der Waals surface area contributed by atoms with Crippen LogP contribution < -0.4 is 5.32 Å². The molecule has 1 amide bonds. The highest BCUT2D eigenvalue weighted by Gasteiger charge is 2.19. The van der Waals surface area contributed by atoms with Gasteiger partial charge in [-0.15, -0.1) is 0 Å². The highest BCUT2D eigenvalue weighted by atomic mass is 16.1. The summed E-state index contributed by atoms with van der Waals surface area (Å²) < 4.78 is 2.09. The zero-order valence-electron chi connectivity index (χ0n) is 22.0. The van der Waals surface area contributed by atoms with Gasteiger partial charge in [-0.05, 0) is 48.7 Å². The Bertz CT molecular complexity index is 1310. The molecule has 0 aliphatic carbocycles. The summed E-state index contributed by atoms with van der Waals surface area (Å²) in [6, 6.07) is 30.7. The van der Waals surface area contributed by atoms with Crippen LogP contribution in [0.3, 0.4) is 0 Å². The molecule has 3 aromatic carbocycles. The fourth-order valence-electron chi connectivity index (χ4n) is 4.65. The van der Waals surface area contributed by atoms with E-state index in [9.17, 15) is 4.79 Å². The van der Waals surface area contributed by atoms with Crippen molar-refractivity contribution in [1.29, 1.82) is 5.26 Å². The molecule has 0 fully saturated rings. The van der Waals surface area contributed by atoms with Crippen molar-refractivity contribution in [3.63, 3.8) is 0 Å². The zero-order valence-corrected chi connectivity index (χ0v) is 22.0. The zero-order chi connectivity index (χ0) is 26.6. The third-order valence-corrected chi connectivity index (χ3v) is 6.87. The van der Waals surface area contributed by atoms with E-state index in [-0.39, 0.29) is 11.9 Å². The summed E-state index contributed by atoms with van der Waals surface area (Å²) >= 11 is 0. The lowest BCUT2D eigenvalue weighted by atomic mass is 10.0. The molecule has 1 N–H and O–H groups in total. The van der Waals surface area contributed by atoms with E-state index >= 15 is 0 Å². The minimum atomic E-state index is 0.0705. The smallest absolute Gasteiger partial charge is 0.221 e. The molecule has 0 bridgehead atoms. The Labute approximate surface area is 225 Å². The Kier molecular flexibility index (Phi) is 9.83. The van der Waals surface area contributed by atoms with Gasteiger partial charge in [0.1, 0.15) is 0 Å². The van der Waals surface area contributed by atoms with Crippen LogP contribution in [0.5, 0.6) is 0 Å². The summed E-state index contributed by atoms with van der Waals surface area (Å²) in [5.41, 5.74) is 5.36. The molecule has 0 aliphatic rings. The largest absolute Gasteiger partial charge is 0.356 e. The van der Waals surface area contributed by atoms with Crippen LogP contribution in [0, 0.1) is 11.3 Å². The molecule has 1 unspecified atom stereocenters. The molecule has 0 saturated carbocycles. The number of aromatic nitrogens is 2. The fraction of sp³-hybridized carbons (Fsp3) is 0.281. The number of carbonyl (C=O) groups is 1. The Hall–Kier alpha value is -4.21. The van der Waals surface area contributed by atoms with Crippen molar-refractivity contribution in [2.24, 2.45) is 0 Å². The van der Waals surface area contributed by atoms with Gasteiger partial charge >= 0.3 is 0 Å². The summed E-state index contributed by atoms with van der Waals surface area (Å²) in [5, 5.41) is 12.1. The highest BCUT2D eigenvalue weighted by molar-refractivity contribution is 5.76. The topological polar surface area (TPSA) is 74.0 Å². The van der Waals surface area contributed by atoms with Gasteiger partial charge in [-0.25, -0.2) is 4.98 Å². The summed E-state index contributed by atoms with van der Waals surface area (Å²) in [5.74, 6) is 0.0705. The standard InChI is InChI=1S/C32H35N5O/c1-36(23-28-10-6-3-7-11-28)30(17-16-26-8-4-2-5-9-26)20-32(38)35-19-18-31-22-34-25-37(31)24-29-14-12-27(21-33)13-15-29/h2-15,22,25,30H,16-20,23-24H2,1H3,(H,35,38). The number of carbonyl (C=O) groups excluding carboxylic acids is 1. The Morgan fingerprint density at radius 3 is 2.32 bits per heavy atom. The third kappa shape index (κ3) is 8.16. The van der Waals surface area contributed by atoms with Gasteiger partial charge in [0.05, 0.1) is 18.0 Å². The molecule has 0 spiro atoms. The number of nitrogens with zero attached hydrogens (tertiary/aromatic N) is 4. The maximum atomic E-state index is 13.0. The summed E-state index contributed by atoms with van der Waals surface area (Å²) in [6.45, 7) is 2.05. The van der Waals surface area contributed by atoms with E-state index in [0.29, 0.717) is 31.5 Å². The molecule has 0 radical (unpaired) electrons. The number of nitriles is 1. The van der Waals surface area contributed by atoms with Crippen LogP contribution >= 0.6 is 0 Å². The van der Waals surface area contributed by atoms with Crippen molar-refractivity contribution < 1.29 is 4.79 Å². The number of hydrogen-bond acceptors (Lipinski definition) is 4. The molecule has 0 aliphatic heterocycles. The lowest BCUT2D eigenvalue weighted by molar-refractivity contribution is -0.122. The second kappa shape index (κ2) is 13.9. The predicted octanol–water partition coefficient (Wildman–Crippen LogP) is 4.99. The van der Waals surface area contributed by atoms with Gasteiger partial charge in [0.15, 0.2) is 0 Å². The van der Waals surface area contributed by atoms with Crippen LogP contribution in [0.15, 0.2) is 97.5 Å². The molecule has 4 aromatic rings. The van der Waals surface area contributed by atoms with Crippen LogP contribution in [0.1, 0.15) is 40.8 Å². The average molecular weight is 506 g/mol. The van der Waals surface area contributed by atoms with Gasteiger partial charge in [0.25, 0.3) is 0 Å². The normalized spacial score (nSPS) is 11.7. The molecule has 1 aromatic heterocycles. The summed E-state index contributed by atoms with van der Waals surface area (Å²) in [4.78, 5) is 19.6. The first-order chi connectivity index (χ1) is 18.6. The van der Waals surface area contributed by atoms with Gasteiger partial charge in [-0.2, -0.15) is 5.26 Å². The van der Waals surface area contributed by atoms with Crippen LogP contribution in [0.25, 0.3) is 0 Å². The number of hydrogen-bond donors (Lipinski definition) is 1. The number of benzene rings is 3. The summed E-state index contributed by atoms with van der Waals surface area (Å²) in [7, 11) is 2.11. The van der Waals surface area contributed by atoms with E-state index in [1.54, 1.807) is 0 Å². The first-order valence-electron chi connectivity index (χ1n) is 13.1. The number of nitrogens with one attached hydrogen (secondary N) is 1. The van der Waals surface area contributed by atoms with Gasteiger partial charge in [-0.1, -0.05) is 72.8 Å².